The van der Waals surface area contributed by atoms with Crippen LogP contribution in [0.2, 0.25) is 0 Å². The van der Waals surface area contributed by atoms with Gasteiger partial charge in [-0.05, 0) is 30.3 Å². The lowest BCUT2D eigenvalue weighted by atomic mass is 10.2. The molecule has 0 spiro atoms. The quantitative estimate of drug-likeness (QED) is 0.832. The molecule has 0 radical (unpaired) electrons. The van der Waals surface area contributed by atoms with E-state index in [1.165, 1.54) is 37.6 Å². The van der Waals surface area contributed by atoms with Crippen LogP contribution in [-0.2, 0) is 15.7 Å². The van der Waals surface area contributed by atoms with Crippen LogP contribution in [0.3, 0.4) is 0 Å². The Bertz CT molecular complexity index is 703. The summed E-state index contributed by atoms with van der Waals surface area (Å²) >= 11 is 0. The highest BCUT2D eigenvalue weighted by atomic mass is 19.4. The van der Waals surface area contributed by atoms with Crippen molar-refractivity contribution < 1.29 is 27.4 Å². The summed E-state index contributed by atoms with van der Waals surface area (Å²) in [5.74, 6) is -0.0570. The van der Waals surface area contributed by atoms with E-state index in [1.54, 1.807) is 0 Å². The fourth-order valence-electron chi connectivity index (χ4n) is 1.84. The van der Waals surface area contributed by atoms with Gasteiger partial charge in [-0.1, -0.05) is 0 Å². The Morgan fingerprint density at radius 2 is 1.92 bits per heavy atom. The monoisotopic (exact) mass is 355 g/mol. The smallest absolute Gasteiger partial charge is 0.416 e. The van der Waals surface area contributed by atoms with E-state index >= 15 is 0 Å². The number of aromatic nitrogens is 1. The third kappa shape index (κ3) is 5.44. The number of rotatable bonds is 6. The van der Waals surface area contributed by atoms with Crippen molar-refractivity contribution in [2.45, 2.75) is 12.2 Å². The maximum atomic E-state index is 12.5. The lowest BCUT2D eigenvalue weighted by Crippen LogP contribution is -2.39. The standard InChI is InChI=1S/C16H16F3N3O3/c1-24-9-13(20)15(23)22-11-4-7-14(21-8-11)25-12-5-2-10(3-6-12)16(17,18)19/h2-8,13H,9,20H2,1H3,(H,22,23). The van der Waals surface area contributed by atoms with Crippen LogP contribution in [0.4, 0.5) is 18.9 Å². The number of nitrogens with one attached hydrogen (secondary N) is 1. The first-order valence-electron chi connectivity index (χ1n) is 7.16. The van der Waals surface area contributed by atoms with Crippen molar-refractivity contribution in [3.8, 4) is 11.6 Å². The van der Waals surface area contributed by atoms with Gasteiger partial charge < -0.3 is 20.5 Å². The Morgan fingerprint density at radius 1 is 1.24 bits per heavy atom. The number of nitrogens with two attached hydrogens (primary N) is 1. The van der Waals surface area contributed by atoms with Gasteiger partial charge in [0.15, 0.2) is 0 Å². The summed E-state index contributed by atoms with van der Waals surface area (Å²) in [6, 6.07) is 6.42. The molecule has 6 nitrogen and oxygen atoms in total. The maximum absolute atomic E-state index is 12.5. The summed E-state index contributed by atoms with van der Waals surface area (Å²) in [5, 5.41) is 2.55. The fourth-order valence-corrected chi connectivity index (χ4v) is 1.84. The zero-order valence-electron chi connectivity index (χ0n) is 13.2. The number of amides is 1. The SMILES string of the molecule is COCC(N)C(=O)Nc1ccc(Oc2ccc(C(F)(F)F)cc2)nc1. The average Bonchev–Trinajstić information content (AvgIpc) is 2.56. The fraction of sp³-hybridized carbons (Fsp3) is 0.250. The van der Waals surface area contributed by atoms with Crippen LogP contribution in [0.5, 0.6) is 11.6 Å². The number of hydrogen-bond acceptors (Lipinski definition) is 5. The van der Waals surface area contributed by atoms with Crippen molar-refractivity contribution in [1.82, 2.24) is 4.98 Å². The molecule has 1 atom stereocenters. The van der Waals surface area contributed by atoms with E-state index in [9.17, 15) is 18.0 Å². The van der Waals surface area contributed by atoms with Crippen LogP contribution in [0.15, 0.2) is 42.6 Å². The molecule has 2 aromatic rings. The molecule has 1 unspecified atom stereocenters. The number of carbonyl (C=O) groups excluding carboxylic acids is 1. The number of anilines is 1. The van der Waals surface area contributed by atoms with Gasteiger partial charge in [-0.15, -0.1) is 0 Å². The van der Waals surface area contributed by atoms with E-state index in [0.717, 1.165) is 12.1 Å². The molecule has 1 aromatic carbocycles. The Hall–Kier alpha value is -2.65. The first-order chi connectivity index (χ1) is 11.8. The van der Waals surface area contributed by atoms with Gasteiger partial charge in [0.2, 0.25) is 11.8 Å². The van der Waals surface area contributed by atoms with E-state index in [4.69, 9.17) is 15.2 Å². The lowest BCUT2D eigenvalue weighted by Gasteiger charge is -2.11. The molecule has 0 fully saturated rings. The number of methoxy groups -OCH3 is 1. The minimum atomic E-state index is -4.40. The van der Waals surface area contributed by atoms with Crippen LogP contribution in [0.1, 0.15) is 5.56 Å². The lowest BCUT2D eigenvalue weighted by molar-refractivity contribution is -0.137. The number of hydrogen-bond donors (Lipinski definition) is 2. The average molecular weight is 355 g/mol. The van der Waals surface area contributed by atoms with E-state index < -0.39 is 23.7 Å². The van der Waals surface area contributed by atoms with Crippen LogP contribution in [-0.4, -0.2) is 30.6 Å². The number of ether oxygens (including phenoxy) is 2. The molecule has 0 bridgehead atoms. The van der Waals surface area contributed by atoms with Crippen molar-refractivity contribution >= 4 is 11.6 Å². The van der Waals surface area contributed by atoms with E-state index in [2.05, 4.69) is 10.3 Å². The number of benzene rings is 1. The molecule has 0 saturated heterocycles. The van der Waals surface area contributed by atoms with Crippen molar-refractivity contribution in [1.29, 1.82) is 0 Å². The van der Waals surface area contributed by atoms with Gasteiger partial charge in [0.25, 0.3) is 0 Å². The molecule has 1 aromatic heterocycles. The number of nitrogens with zero attached hydrogens (tertiary/aromatic N) is 1. The first kappa shape index (κ1) is 18.7. The normalized spacial score (nSPS) is 12.5. The molecular formula is C16H16F3N3O3. The van der Waals surface area contributed by atoms with Gasteiger partial charge in [0, 0.05) is 13.2 Å². The second-order valence-electron chi connectivity index (χ2n) is 5.06. The zero-order valence-corrected chi connectivity index (χ0v) is 13.2. The molecule has 9 heteroatoms. The van der Waals surface area contributed by atoms with Crippen molar-refractivity contribution in [3.05, 3.63) is 48.2 Å². The van der Waals surface area contributed by atoms with Crippen LogP contribution in [0.25, 0.3) is 0 Å². The number of pyridine rings is 1. The molecule has 134 valence electrons. The Labute approximate surface area is 141 Å². The first-order valence-corrected chi connectivity index (χ1v) is 7.16. The van der Waals surface area contributed by atoms with Gasteiger partial charge in [0.05, 0.1) is 24.1 Å². The molecule has 2 rings (SSSR count). The number of alkyl halides is 3. The number of halogens is 3. The van der Waals surface area contributed by atoms with Crippen molar-refractivity contribution in [2.75, 3.05) is 19.0 Å². The molecule has 0 aliphatic heterocycles. The molecule has 0 aliphatic carbocycles. The summed E-state index contributed by atoms with van der Waals surface area (Å²) in [4.78, 5) is 15.7. The maximum Gasteiger partial charge on any atom is 0.416 e. The van der Waals surface area contributed by atoms with Gasteiger partial charge >= 0.3 is 6.18 Å². The van der Waals surface area contributed by atoms with Crippen LogP contribution in [0, 0.1) is 0 Å². The predicted molar refractivity (Wildman–Crippen MR) is 84.2 cm³/mol. The summed E-state index contributed by atoms with van der Waals surface area (Å²) in [6.45, 7) is 0.0778. The molecule has 3 N–H and O–H groups in total. The summed E-state index contributed by atoms with van der Waals surface area (Å²) in [6.07, 6.45) is -3.06. The Kier molecular flexibility index (Phi) is 5.94. The number of carbonyl (C=O) groups is 1. The highest BCUT2D eigenvalue weighted by Gasteiger charge is 2.30. The topological polar surface area (TPSA) is 86.5 Å². The molecule has 1 amide bonds. The Morgan fingerprint density at radius 3 is 2.44 bits per heavy atom. The molecule has 0 aliphatic rings. The van der Waals surface area contributed by atoms with Gasteiger partial charge in [-0.3, -0.25) is 4.79 Å². The van der Waals surface area contributed by atoms with Crippen LogP contribution >= 0.6 is 0 Å². The molecule has 0 saturated carbocycles. The molecule has 1 heterocycles. The highest BCUT2D eigenvalue weighted by Crippen LogP contribution is 2.31. The molecule has 25 heavy (non-hydrogen) atoms. The third-order valence-corrected chi connectivity index (χ3v) is 3.09. The van der Waals surface area contributed by atoms with Gasteiger partial charge in [0.1, 0.15) is 11.8 Å². The minimum absolute atomic E-state index is 0.0778. The summed E-state index contributed by atoms with van der Waals surface area (Å²) in [5.41, 5.74) is 5.22. The highest BCUT2D eigenvalue weighted by molar-refractivity contribution is 5.94. The molecular weight excluding hydrogens is 339 g/mol. The predicted octanol–water partition coefficient (Wildman–Crippen LogP) is 2.80. The van der Waals surface area contributed by atoms with E-state index in [-0.39, 0.29) is 18.2 Å². The van der Waals surface area contributed by atoms with Crippen LogP contribution < -0.4 is 15.8 Å². The minimum Gasteiger partial charge on any atom is -0.439 e. The van der Waals surface area contributed by atoms with E-state index in [1.807, 2.05) is 0 Å². The second-order valence-corrected chi connectivity index (χ2v) is 5.06. The van der Waals surface area contributed by atoms with Crippen molar-refractivity contribution in [2.24, 2.45) is 5.73 Å². The second kappa shape index (κ2) is 7.95. The van der Waals surface area contributed by atoms with E-state index in [0.29, 0.717) is 5.69 Å². The van der Waals surface area contributed by atoms with Gasteiger partial charge in [-0.2, -0.15) is 13.2 Å². The largest absolute Gasteiger partial charge is 0.439 e. The third-order valence-electron chi connectivity index (χ3n) is 3.09. The summed E-state index contributed by atoms with van der Waals surface area (Å²) in [7, 11) is 1.43. The Balaban J connectivity index is 1.97. The van der Waals surface area contributed by atoms with Crippen molar-refractivity contribution in [3.63, 3.8) is 0 Å². The van der Waals surface area contributed by atoms with Gasteiger partial charge in [-0.25, -0.2) is 4.98 Å². The summed E-state index contributed by atoms with van der Waals surface area (Å²) < 4.78 is 47.6. The zero-order chi connectivity index (χ0) is 18.4.